The summed E-state index contributed by atoms with van der Waals surface area (Å²) >= 11 is 6.88. The van der Waals surface area contributed by atoms with Gasteiger partial charge >= 0.3 is 0 Å². The summed E-state index contributed by atoms with van der Waals surface area (Å²) in [5.41, 5.74) is 6.46. The van der Waals surface area contributed by atoms with Crippen LogP contribution in [0.4, 0.5) is 5.82 Å². The third kappa shape index (κ3) is 5.37. The second-order valence-corrected chi connectivity index (χ2v) is 5.17. The molecule has 0 spiro atoms. The number of thioether (sulfide) groups is 1. The fourth-order valence-electron chi connectivity index (χ4n) is 1.50. The molecule has 0 saturated carbocycles. The maximum atomic E-state index is 5.63. The summed E-state index contributed by atoms with van der Waals surface area (Å²) in [6.45, 7) is 0.918. The van der Waals surface area contributed by atoms with Crippen LogP contribution in [-0.2, 0) is 0 Å². The number of anilines is 1. The predicted molar refractivity (Wildman–Crippen MR) is 80.8 cm³/mol. The van der Waals surface area contributed by atoms with E-state index < -0.39 is 0 Å². The Hall–Kier alpha value is -0.810. The summed E-state index contributed by atoms with van der Waals surface area (Å²) < 4.78 is 0. The molecular formula is C12H19N3S2. The summed E-state index contributed by atoms with van der Waals surface area (Å²) in [5.74, 6) is 2.03. The van der Waals surface area contributed by atoms with Gasteiger partial charge in [-0.05, 0) is 37.0 Å². The van der Waals surface area contributed by atoms with Crippen LogP contribution in [0.2, 0.25) is 0 Å². The molecule has 0 fully saturated rings. The molecule has 0 aliphatic rings. The van der Waals surface area contributed by atoms with Crippen LogP contribution in [0.3, 0.4) is 0 Å². The zero-order valence-corrected chi connectivity index (χ0v) is 11.7. The highest BCUT2D eigenvalue weighted by Gasteiger charge is 2.04. The highest BCUT2D eigenvalue weighted by Crippen LogP contribution is 2.11. The number of nitrogens with one attached hydrogen (secondary N) is 1. The second-order valence-electron chi connectivity index (χ2n) is 3.74. The van der Waals surface area contributed by atoms with Crippen LogP contribution in [0.15, 0.2) is 18.3 Å². The number of rotatable bonds is 8. The molecule has 0 aliphatic carbocycles. The van der Waals surface area contributed by atoms with E-state index in [-0.39, 0.29) is 0 Å². The third-order valence-electron chi connectivity index (χ3n) is 2.39. The standard InChI is InChI=1S/C12H19N3S2/c1-17-9-4-2-3-7-14-12-10(11(13)16)6-5-8-15-12/h5-6,8H,2-4,7,9H2,1H3,(H2,13,16)(H,14,15). The Morgan fingerprint density at radius 1 is 1.47 bits per heavy atom. The average Bonchev–Trinajstić information content (AvgIpc) is 2.34. The Kier molecular flexibility index (Phi) is 6.96. The van der Waals surface area contributed by atoms with Gasteiger partial charge in [0, 0.05) is 12.7 Å². The number of nitrogens with two attached hydrogens (primary N) is 1. The number of hydrogen-bond acceptors (Lipinski definition) is 4. The van der Waals surface area contributed by atoms with Gasteiger partial charge in [0.15, 0.2) is 0 Å². The van der Waals surface area contributed by atoms with Crippen LogP contribution < -0.4 is 11.1 Å². The van der Waals surface area contributed by atoms with Gasteiger partial charge in [0.2, 0.25) is 0 Å². The van der Waals surface area contributed by atoms with E-state index in [4.69, 9.17) is 18.0 Å². The van der Waals surface area contributed by atoms with E-state index in [2.05, 4.69) is 16.6 Å². The fourth-order valence-corrected chi connectivity index (χ4v) is 2.16. The number of pyridine rings is 1. The maximum Gasteiger partial charge on any atom is 0.136 e. The van der Waals surface area contributed by atoms with Gasteiger partial charge in [0.25, 0.3) is 0 Å². The Morgan fingerprint density at radius 2 is 2.29 bits per heavy atom. The van der Waals surface area contributed by atoms with E-state index in [0.717, 1.165) is 24.3 Å². The van der Waals surface area contributed by atoms with E-state index >= 15 is 0 Å². The van der Waals surface area contributed by atoms with Crippen LogP contribution in [0.25, 0.3) is 0 Å². The third-order valence-corrected chi connectivity index (χ3v) is 3.31. The summed E-state index contributed by atoms with van der Waals surface area (Å²) in [6, 6.07) is 3.74. The van der Waals surface area contributed by atoms with E-state index in [9.17, 15) is 0 Å². The first-order valence-corrected chi connectivity index (χ1v) is 7.53. The van der Waals surface area contributed by atoms with E-state index in [0.29, 0.717) is 4.99 Å². The van der Waals surface area contributed by atoms with Gasteiger partial charge in [-0.2, -0.15) is 11.8 Å². The van der Waals surface area contributed by atoms with E-state index in [1.54, 1.807) is 6.20 Å². The molecule has 1 heterocycles. The van der Waals surface area contributed by atoms with Gasteiger partial charge in [0.1, 0.15) is 10.8 Å². The van der Waals surface area contributed by atoms with Crippen molar-refractivity contribution in [2.75, 3.05) is 23.9 Å². The summed E-state index contributed by atoms with van der Waals surface area (Å²) in [7, 11) is 0. The lowest BCUT2D eigenvalue weighted by atomic mass is 10.2. The molecule has 94 valence electrons. The van der Waals surface area contributed by atoms with Crippen LogP contribution >= 0.6 is 24.0 Å². The zero-order chi connectivity index (χ0) is 12.5. The van der Waals surface area contributed by atoms with Gasteiger partial charge in [-0.25, -0.2) is 4.98 Å². The second kappa shape index (κ2) is 8.31. The fraction of sp³-hybridized carbons (Fsp3) is 0.500. The lowest BCUT2D eigenvalue weighted by Crippen LogP contribution is -2.14. The van der Waals surface area contributed by atoms with Crippen molar-refractivity contribution in [2.45, 2.75) is 19.3 Å². The molecule has 3 N–H and O–H groups in total. The number of nitrogens with zero attached hydrogens (tertiary/aromatic N) is 1. The zero-order valence-electron chi connectivity index (χ0n) is 10.1. The molecule has 0 amide bonds. The normalized spacial score (nSPS) is 10.2. The number of aromatic nitrogens is 1. The SMILES string of the molecule is CSCCCCCNc1ncccc1C(N)=S. The maximum absolute atomic E-state index is 5.63. The van der Waals surface area contributed by atoms with Crippen molar-refractivity contribution < 1.29 is 0 Å². The van der Waals surface area contributed by atoms with Crippen LogP contribution in [0.5, 0.6) is 0 Å². The van der Waals surface area contributed by atoms with Gasteiger partial charge in [-0.15, -0.1) is 0 Å². The van der Waals surface area contributed by atoms with Gasteiger partial charge in [-0.3, -0.25) is 0 Å². The van der Waals surface area contributed by atoms with Crippen molar-refractivity contribution in [1.82, 2.24) is 4.98 Å². The largest absolute Gasteiger partial charge is 0.389 e. The minimum atomic E-state index is 0.392. The molecule has 0 saturated heterocycles. The van der Waals surface area contributed by atoms with Crippen molar-refractivity contribution in [3.63, 3.8) is 0 Å². The predicted octanol–water partition coefficient (Wildman–Crippen LogP) is 2.66. The average molecular weight is 269 g/mol. The Labute approximate surface area is 113 Å². The number of unbranched alkanes of at least 4 members (excludes halogenated alkanes) is 2. The monoisotopic (exact) mass is 269 g/mol. The highest BCUT2D eigenvalue weighted by molar-refractivity contribution is 7.98. The van der Waals surface area contributed by atoms with Crippen molar-refractivity contribution >= 4 is 34.8 Å². The molecule has 3 nitrogen and oxygen atoms in total. The highest BCUT2D eigenvalue weighted by atomic mass is 32.2. The van der Waals surface area contributed by atoms with Crippen LogP contribution in [0.1, 0.15) is 24.8 Å². The molecule has 1 aromatic heterocycles. The molecule has 0 radical (unpaired) electrons. The van der Waals surface area contributed by atoms with Crippen LogP contribution in [-0.4, -0.2) is 28.5 Å². The first-order chi connectivity index (χ1) is 8.25. The summed E-state index contributed by atoms with van der Waals surface area (Å²) in [5, 5.41) is 3.29. The number of thiocarbonyl (C=S) groups is 1. The summed E-state index contributed by atoms with van der Waals surface area (Å²) in [6.07, 6.45) is 7.54. The molecule has 1 rings (SSSR count). The van der Waals surface area contributed by atoms with Crippen LogP contribution in [0, 0.1) is 0 Å². The van der Waals surface area contributed by atoms with Crippen molar-refractivity contribution in [3.8, 4) is 0 Å². The number of hydrogen-bond donors (Lipinski definition) is 2. The van der Waals surface area contributed by atoms with Crippen molar-refractivity contribution in [2.24, 2.45) is 5.73 Å². The lowest BCUT2D eigenvalue weighted by molar-refractivity contribution is 0.748. The molecule has 0 unspecified atom stereocenters. The Morgan fingerprint density at radius 3 is 3.00 bits per heavy atom. The molecule has 0 bridgehead atoms. The Balaban J connectivity index is 2.34. The van der Waals surface area contributed by atoms with Crippen molar-refractivity contribution in [3.05, 3.63) is 23.9 Å². The molecule has 0 aromatic carbocycles. The molecule has 5 heteroatoms. The smallest absolute Gasteiger partial charge is 0.136 e. The molecule has 0 aliphatic heterocycles. The molecule has 1 aromatic rings. The first-order valence-electron chi connectivity index (χ1n) is 5.73. The first kappa shape index (κ1) is 14.3. The van der Waals surface area contributed by atoms with Gasteiger partial charge in [-0.1, -0.05) is 18.6 Å². The molecular weight excluding hydrogens is 250 g/mol. The summed E-state index contributed by atoms with van der Waals surface area (Å²) in [4.78, 5) is 4.64. The van der Waals surface area contributed by atoms with E-state index in [1.165, 1.54) is 18.6 Å². The molecule has 17 heavy (non-hydrogen) atoms. The topological polar surface area (TPSA) is 50.9 Å². The minimum Gasteiger partial charge on any atom is -0.389 e. The van der Waals surface area contributed by atoms with Gasteiger partial charge < -0.3 is 11.1 Å². The lowest BCUT2D eigenvalue weighted by Gasteiger charge is -2.09. The van der Waals surface area contributed by atoms with Gasteiger partial charge in [0.05, 0.1) is 5.56 Å². The quantitative estimate of drug-likeness (QED) is 0.561. The Bertz CT molecular complexity index is 355. The minimum absolute atomic E-state index is 0.392. The molecule has 0 atom stereocenters. The van der Waals surface area contributed by atoms with E-state index in [1.807, 2.05) is 23.9 Å². The van der Waals surface area contributed by atoms with Crippen molar-refractivity contribution in [1.29, 1.82) is 0 Å².